The van der Waals surface area contributed by atoms with E-state index in [9.17, 15) is 9.59 Å². The average molecular weight is 434 g/mol. The molecule has 1 amide bonds. The van der Waals surface area contributed by atoms with E-state index in [0.29, 0.717) is 27.9 Å². The summed E-state index contributed by atoms with van der Waals surface area (Å²) >= 11 is 5.98. The molecule has 0 spiro atoms. The topological polar surface area (TPSA) is 68.3 Å². The zero-order chi connectivity index (χ0) is 22.0. The van der Waals surface area contributed by atoms with E-state index in [1.54, 1.807) is 54.3 Å². The fourth-order valence-electron chi connectivity index (χ4n) is 3.23. The molecule has 0 radical (unpaired) electrons. The SMILES string of the molecule is Cc1ccc(N(Cc2ccco2)C(=O)c2nn(-c3ccc(Cl)cc3)c(C)cc2=O)cc1. The van der Waals surface area contributed by atoms with Crippen LogP contribution in [0.25, 0.3) is 5.69 Å². The molecule has 0 aliphatic carbocycles. The largest absolute Gasteiger partial charge is 0.467 e. The van der Waals surface area contributed by atoms with Gasteiger partial charge >= 0.3 is 0 Å². The van der Waals surface area contributed by atoms with E-state index in [-0.39, 0.29) is 12.2 Å². The summed E-state index contributed by atoms with van der Waals surface area (Å²) in [5.74, 6) is 0.0898. The molecule has 6 nitrogen and oxygen atoms in total. The highest BCUT2D eigenvalue weighted by molar-refractivity contribution is 6.30. The highest BCUT2D eigenvalue weighted by atomic mass is 35.5. The van der Waals surface area contributed by atoms with Gasteiger partial charge in [-0.25, -0.2) is 4.68 Å². The van der Waals surface area contributed by atoms with Crippen molar-refractivity contribution in [3.8, 4) is 5.69 Å². The summed E-state index contributed by atoms with van der Waals surface area (Å²) < 4.78 is 7.00. The van der Waals surface area contributed by atoms with Gasteiger partial charge in [-0.1, -0.05) is 29.3 Å². The Bertz CT molecular complexity index is 1260. The van der Waals surface area contributed by atoms with Crippen molar-refractivity contribution in [2.75, 3.05) is 4.90 Å². The van der Waals surface area contributed by atoms with Crippen molar-refractivity contribution >= 4 is 23.2 Å². The lowest BCUT2D eigenvalue weighted by molar-refractivity contribution is 0.0975. The van der Waals surface area contributed by atoms with Crippen LogP contribution < -0.4 is 10.3 Å². The zero-order valence-electron chi connectivity index (χ0n) is 17.1. The van der Waals surface area contributed by atoms with Gasteiger partial charge in [0.05, 0.1) is 18.5 Å². The highest BCUT2D eigenvalue weighted by Gasteiger charge is 2.24. The van der Waals surface area contributed by atoms with Gasteiger partial charge in [-0.2, -0.15) is 5.10 Å². The Morgan fingerprint density at radius 1 is 1.06 bits per heavy atom. The minimum Gasteiger partial charge on any atom is -0.467 e. The number of anilines is 1. The van der Waals surface area contributed by atoms with Gasteiger partial charge in [0.25, 0.3) is 5.91 Å². The first-order valence-electron chi connectivity index (χ1n) is 9.70. The van der Waals surface area contributed by atoms with Crippen molar-refractivity contribution in [3.05, 3.63) is 111 Å². The number of nitrogens with zero attached hydrogens (tertiary/aromatic N) is 3. The van der Waals surface area contributed by atoms with Crippen molar-refractivity contribution in [1.29, 1.82) is 0 Å². The van der Waals surface area contributed by atoms with Gasteiger partial charge in [0.1, 0.15) is 5.76 Å². The monoisotopic (exact) mass is 433 g/mol. The molecule has 7 heteroatoms. The minimum absolute atomic E-state index is 0.171. The van der Waals surface area contributed by atoms with Crippen molar-refractivity contribution in [2.45, 2.75) is 20.4 Å². The van der Waals surface area contributed by atoms with Crippen molar-refractivity contribution in [2.24, 2.45) is 0 Å². The molecule has 0 unspecified atom stereocenters. The quantitative estimate of drug-likeness (QED) is 0.447. The molecule has 2 aromatic heterocycles. The van der Waals surface area contributed by atoms with E-state index in [2.05, 4.69) is 5.10 Å². The number of hydrogen-bond donors (Lipinski definition) is 0. The first-order chi connectivity index (χ1) is 14.9. The van der Waals surface area contributed by atoms with Crippen LogP contribution in [0.2, 0.25) is 5.02 Å². The third-order valence-electron chi connectivity index (χ3n) is 4.87. The van der Waals surface area contributed by atoms with Crippen LogP contribution in [0, 0.1) is 13.8 Å². The van der Waals surface area contributed by atoms with Gasteiger partial charge < -0.3 is 4.42 Å². The van der Waals surface area contributed by atoms with Crippen LogP contribution in [0.1, 0.15) is 27.5 Å². The number of halogens is 1. The van der Waals surface area contributed by atoms with Gasteiger partial charge in [0.15, 0.2) is 5.69 Å². The lowest BCUT2D eigenvalue weighted by Crippen LogP contribution is -2.36. The third-order valence-corrected chi connectivity index (χ3v) is 5.12. The predicted molar refractivity (Wildman–Crippen MR) is 120 cm³/mol. The molecule has 4 rings (SSSR count). The number of furan rings is 1. The highest BCUT2D eigenvalue weighted by Crippen LogP contribution is 2.21. The summed E-state index contributed by atoms with van der Waals surface area (Å²) in [5, 5.41) is 4.99. The summed E-state index contributed by atoms with van der Waals surface area (Å²) in [7, 11) is 0. The molecular formula is C24H20ClN3O3. The molecule has 0 atom stereocenters. The Hall–Kier alpha value is -3.64. The fraction of sp³-hybridized carbons (Fsp3) is 0.125. The number of amides is 1. The van der Waals surface area contributed by atoms with Crippen LogP contribution in [0.15, 0.2) is 82.2 Å². The first kappa shape index (κ1) is 20.6. The van der Waals surface area contributed by atoms with Gasteiger partial charge in [-0.05, 0) is 62.4 Å². The number of aromatic nitrogens is 2. The smallest absolute Gasteiger partial charge is 0.283 e. The molecule has 4 aromatic rings. The maximum absolute atomic E-state index is 13.5. The normalized spacial score (nSPS) is 10.8. The molecule has 0 aliphatic rings. The fourth-order valence-corrected chi connectivity index (χ4v) is 3.36. The van der Waals surface area contributed by atoms with Gasteiger partial charge in [-0.15, -0.1) is 0 Å². The number of benzene rings is 2. The summed E-state index contributed by atoms with van der Waals surface area (Å²) in [6, 6.07) is 19.5. The predicted octanol–water partition coefficient (Wildman–Crippen LogP) is 4.94. The van der Waals surface area contributed by atoms with Gasteiger partial charge in [0, 0.05) is 22.5 Å². The number of rotatable bonds is 5. The molecule has 156 valence electrons. The molecule has 0 bridgehead atoms. The first-order valence-corrected chi connectivity index (χ1v) is 10.1. The molecule has 2 aromatic carbocycles. The number of hydrogen-bond acceptors (Lipinski definition) is 4. The van der Waals surface area contributed by atoms with Crippen LogP contribution in [-0.2, 0) is 6.54 Å². The maximum Gasteiger partial charge on any atom is 0.283 e. The lowest BCUT2D eigenvalue weighted by Gasteiger charge is -2.22. The second-order valence-electron chi connectivity index (χ2n) is 7.19. The van der Waals surface area contributed by atoms with Gasteiger partial charge in [-0.3, -0.25) is 14.5 Å². The minimum atomic E-state index is -0.507. The van der Waals surface area contributed by atoms with Crippen molar-refractivity contribution in [3.63, 3.8) is 0 Å². The number of carbonyl (C=O) groups excluding carboxylic acids is 1. The Balaban J connectivity index is 1.79. The van der Waals surface area contributed by atoms with E-state index in [4.69, 9.17) is 16.0 Å². The second-order valence-corrected chi connectivity index (χ2v) is 7.63. The molecule has 0 saturated carbocycles. The molecular weight excluding hydrogens is 414 g/mol. The molecule has 0 aliphatic heterocycles. The van der Waals surface area contributed by atoms with E-state index >= 15 is 0 Å². The standard InChI is InChI=1S/C24H20ClN3O3/c1-16-5-9-19(10-6-16)27(15-21-4-3-13-31-21)24(30)23-22(29)14-17(2)28(26-23)20-11-7-18(25)8-12-20/h3-14H,15H2,1-2H3. The van der Waals surface area contributed by atoms with Gasteiger partial charge in [0.2, 0.25) is 5.43 Å². The average Bonchev–Trinajstić information content (AvgIpc) is 3.27. The molecule has 0 fully saturated rings. The van der Waals surface area contributed by atoms with Crippen LogP contribution >= 0.6 is 11.6 Å². The maximum atomic E-state index is 13.5. The Morgan fingerprint density at radius 3 is 2.42 bits per heavy atom. The molecule has 31 heavy (non-hydrogen) atoms. The van der Waals surface area contributed by atoms with E-state index in [1.807, 2.05) is 31.2 Å². The summed E-state index contributed by atoms with van der Waals surface area (Å²) in [6.07, 6.45) is 1.55. The third kappa shape index (κ3) is 4.44. The number of carbonyl (C=O) groups is 1. The summed E-state index contributed by atoms with van der Waals surface area (Å²) in [5.41, 5.74) is 2.40. The van der Waals surface area contributed by atoms with Crippen molar-refractivity contribution in [1.82, 2.24) is 9.78 Å². The Kier molecular flexibility index (Phi) is 5.73. The summed E-state index contributed by atoms with van der Waals surface area (Å²) in [6.45, 7) is 3.90. The summed E-state index contributed by atoms with van der Waals surface area (Å²) in [4.78, 5) is 27.7. The molecule has 0 saturated heterocycles. The van der Waals surface area contributed by atoms with Crippen molar-refractivity contribution < 1.29 is 9.21 Å². The second kappa shape index (κ2) is 8.62. The van der Waals surface area contributed by atoms with E-state index in [1.165, 1.54) is 11.0 Å². The van der Waals surface area contributed by atoms with Crippen LogP contribution in [-0.4, -0.2) is 15.7 Å². The molecule has 2 heterocycles. The lowest BCUT2D eigenvalue weighted by atomic mass is 10.2. The Morgan fingerprint density at radius 2 is 1.77 bits per heavy atom. The van der Waals surface area contributed by atoms with Crippen LogP contribution in [0.5, 0.6) is 0 Å². The van der Waals surface area contributed by atoms with E-state index < -0.39 is 11.3 Å². The van der Waals surface area contributed by atoms with Crippen LogP contribution in [0.3, 0.4) is 0 Å². The number of aryl methyl sites for hydroxylation is 2. The molecule has 0 N–H and O–H groups in total. The Labute approximate surface area is 184 Å². The van der Waals surface area contributed by atoms with E-state index in [0.717, 1.165) is 5.56 Å². The zero-order valence-corrected chi connectivity index (χ0v) is 17.8. The van der Waals surface area contributed by atoms with Crippen LogP contribution in [0.4, 0.5) is 5.69 Å².